The molecule has 122 valence electrons. The molecule has 0 radical (unpaired) electrons. The Balaban J connectivity index is 1.65. The van der Waals surface area contributed by atoms with Gasteiger partial charge in [-0.1, -0.05) is 12.1 Å². The minimum Gasteiger partial charge on any atom is -0.454 e. The highest BCUT2D eigenvalue weighted by atomic mass is 16.7. The van der Waals surface area contributed by atoms with Crippen molar-refractivity contribution >= 4 is 11.8 Å². The van der Waals surface area contributed by atoms with Crippen molar-refractivity contribution in [2.75, 3.05) is 19.9 Å². The van der Waals surface area contributed by atoms with Gasteiger partial charge in [-0.3, -0.25) is 19.6 Å². The second-order valence-corrected chi connectivity index (χ2v) is 5.58. The normalized spacial score (nSPS) is 15.8. The van der Waals surface area contributed by atoms with Crippen LogP contribution in [0.15, 0.2) is 30.9 Å². The standard InChI is InChI=1S/C17H20N2O4/c1-2-3-5-16(20)18-8-4-9-19(18)17(21)11-13-6-7-14-15(10-13)23-12-22-14/h2,6-7,10H,1,3-5,8-9,11-12H2. The molecule has 2 amide bonds. The van der Waals surface area contributed by atoms with Gasteiger partial charge >= 0.3 is 0 Å². The first-order valence-corrected chi connectivity index (χ1v) is 7.79. The average Bonchev–Trinajstić information content (AvgIpc) is 3.20. The first-order valence-electron chi connectivity index (χ1n) is 7.79. The van der Waals surface area contributed by atoms with Crippen LogP contribution in [0.2, 0.25) is 0 Å². The van der Waals surface area contributed by atoms with Gasteiger partial charge in [0.15, 0.2) is 11.5 Å². The SMILES string of the molecule is C=CCCC(=O)N1CCCN1C(=O)Cc1ccc2c(c1)OCO2. The summed E-state index contributed by atoms with van der Waals surface area (Å²) in [5.41, 5.74) is 0.852. The largest absolute Gasteiger partial charge is 0.454 e. The van der Waals surface area contributed by atoms with Crippen molar-refractivity contribution in [2.45, 2.75) is 25.7 Å². The fourth-order valence-corrected chi connectivity index (χ4v) is 2.80. The van der Waals surface area contributed by atoms with Gasteiger partial charge in [0.25, 0.3) is 0 Å². The van der Waals surface area contributed by atoms with E-state index in [9.17, 15) is 9.59 Å². The monoisotopic (exact) mass is 316 g/mol. The van der Waals surface area contributed by atoms with E-state index in [-0.39, 0.29) is 25.0 Å². The Kier molecular flexibility index (Phi) is 4.50. The van der Waals surface area contributed by atoms with E-state index in [1.54, 1.807) is 16.1 Å². The number of carbonyl (C=O) groups excluding carboxylic acids is 2. The van der Waals surface area contributed by atoms with Crippen molar-refractivity contribution in [2.24, 2.45) is 0 Å². The predicted octanol–water partition coefficient (Wildman–Crippen LogP) is 1.90. The molecular formula is C17H20N2O4. The Morgan fingerprint density at radius 1 is 1.13 bits per heavy atom. The number of allylic oxidation sites excluding steroid dienone is 1. The summed E-state index contributed by atoms with van der Waals surface area (Å²) in [6.45, 7) is 5.02. The molecule has 0 spiro atoms. The second-order valence-electron chi connectivity index (χ2n) is 5.58. The average molecular weight is 316 g/mol. The Morgan fingerprint density at radius 3 is 2.65 bits per heavy atom. The molecular weight excluding hydrogens is 296 g/mol. The first-order chi connectivity index (χ1) is 11.2. The third-order valence-corrected chi connectivity index (χ3v) is 3.96. The molecule has 0 aromatic heterocycles. The van der Waals surface area contributed by atoms with Crippen molar-refractivity contribution in [3.05, 3.63) is 36.4 Å². The number of ether oxygens (including phenoxy) is 2. The molecule has 3 rings (SSSR count). The van der Waals surface area contributed by atoms with E-state index in [4.69, 9.17) is 9.47 Å². The summed E-state index contributed by atoms with van der Waals surface area (Å²) in [6, 6.07) is 5.48. The molecule has 0 saturated carbocycles. The van der Waals surface area contributed by atoms with Crippen LogP contribution in [0.1, 0.15) is 24.8 Å². The highest BCUT2D eigenvalue weighted by Crippen LogP contribution is 2.32. The number of nitrogens with zero attached hydrogens (tertiary/aromatic N) is 2. The van der Waals surface area contributed by atoms with Crippen LogP contribution in [0.5, 0.6) is 11.5 Å². The summed E-state index contributed by atoms with van der Waals surface area (Å²) in [6.07, 6.45) is 3.78. The van der Waals surface area contributed by atoms with Crippen molar-refractivity contribution < 1.29 is 19.1 Å². The predicted molar refractivity (Wildman–Crippen MR) is 83.7 cm³/mol. The Hall–Kier alpha value is -2.50. The second kappa shape index (κ2) is 6.73. The van der Waals surface area contributed by atoms with Crippen LogP contribution in [-0.4, -0.2) is 41.7 Å². The summed E-state index contributed by atoms with van der Waals surface area (Å²) in [5, 5.41) is 3.13. The Labute approximate surface area is 135 Å². The van der Waals surface area contributed by atoms with Crippen LogP contribution in [0.4, 0.5) is 0 Å². The van der Waals surface area contributed by atoms with Gasteiger partial charge in [0, 0.05) is 19.5 Å². The van der Waals surface area contributed by atoms with Gasteiger partial charge in [-0.15, -0.1) is 6.58 Å². The lowest BCUT2D eigenvalue weighted by Crippen LogP contribution is -2.45. The quantitative estimate of drug-likeness (QED) is 0.779. The lowest BCUT2D eigenvalue weighted by atomic mass is 10.1. The fraction of sp³-hybridized carbons (Fsp3) is 0.412. The number of fused-ring (bicyclic) bond motifs is 1. The fourth-order valence-electron chi connectivity index (χ4n) is 2.80. The van der Waals surface area contributed by atoms with Gasteiger partial charge in [0.05, 0.1) is 6.42 Å². The van der Waals surface area contributed by atoms with E-state index in [2.05, 4.69) is 6.58 Å². The molecule has 1 aromatic rings. The topological polar surface area (TPSA) is 59.1 Å². The number of rotatable bonds is 5. The highest BCUT2D eigenvalue weighted by Gasteiger charge is 2.30. The van der Waals surface area contributed by atoms with E-state index in [0.29, 0.717) is 37.4 Å². The van der Waals surface area contributed by atoms with Crippen LogP contribution in [0, 0.1) is 0 Å². The van der Waals surface area contributed by atoms with Crippen molar-refractivity contribution in [1.29, 1.82) is 0 Å². The molecule has 0 N–H and O–H groups in total. The summed E-state index contributed by atoms with van der Waals surface area (Å²) >= 11 is 0. The van der Waals surface area contributed by atoms with E-state index < -0.39 is 0 Å². The number of hydrogen-bond donors (Lipinski definition) is 0. The smallest absolute Gasteiger partial charge is 0.245 e. The zero-order chi connectivity index (χ0) is 16.2. The maximum absolute atomic E-state index is 12.5. The van der Waals surface area contributed by atoms with Gasteiger partial charge in [0.2, 0.25) is 18.6 Å². The van der Waals surface area contributed by atoms with Crippen molar-refractivity contribution in [1.82, 2.24) is 10.0 Å². The maximum Gasteiger partial charge on any atom is 0.245 e. The van der Waals surface area contributed by atoms with Gasteiger partial charge in [-0.2, -0.15) is 0 Å². The lowest BCUT2D eigenvalue weighted by molar-refractivity contribution is -0.157. The molecule has 2 aliphatic rings. The maximum atomic E-state index is 12.5. The van der Waals surface area contributed by atoms with Gasteiger partial charge in [-0.25, -0.2) is 0 Å². The molecule has 1 aromatic carbocycles. The Bertz CT molecular complexity index is 629. The summed E-state index contributed by atoms with van der Waals surface area (Å²) in [7, 11) is 0. The summed E-state index contributed by atoms with van der Waals surface area (Å²) in [4.78, 5) is 24.7. The van der Waals surface area contributed by atoms with E-state index in [0.717, 1.165) is 12.0 Å². The summed E-state index contributed by atoms with van der Waals surface area (Å²) in [5.74, 6) is 1.26. The number of amides is 2. The molecule has 1 fully saturated rings. The number of hydrogen-bond acceptors (Lipinski definition) is 4. The molecule has 0 aliphatic carbocycles. The zero-order valence-corrected chi connectivity index (χ0v) is 13.0. The first kappa shape index (κ1) is 15.4. The third kappa shape index (κ3) is 3.31. The Morgan fingerprint density at radius 2 is 1.87 bits per heavy atom. The highest BCUT2D eigenvalue weighted by molar-refractivity contribution is 5.84. The number of hydrazine groups is 1. The van der Waals surface area contributed by atoms with E-state index >= 15 is 0 Å². The van der Waals surface area contributed by atoms with Crippen LogP contribution in [-0.2, 0) is 16.0 Å². The number of carbonyl (C=O) groups is 2. The van der Waals surface area contributed by atoms with Crippen LogP contribution in [0.3, 0.4) is 0 Å². The molecule has 0 bridgehead atoms. The summed E-state index contributed by atoms with van der Waals surface area (Å²) < 4.78 is 10.6. The van der Waals surface area contributed by atoms with Crippen LogP contribution >= 0.6 is 0 Å². The minimum atomic E-state index is -0.0756. The van der Waals surface area contributed by atoms with Gasteiger partial charge in [0.1, 0.15) is 0 Å². The molecule has 1 saturated heterocycles. The van der Waals surface area contributed by atoms with Crippen LogP contribution in [0.25, 0.3) is 0 Å². The lowest BCUT2D eigenvalue weighted by Gasteiger charge is -2.28. The molecule has 0 unspecified atom stereocenters. The molecule has 2 aliphatic heterocycles. The van der Waals surface area contributed by atoms with Crippen LogP contribution < -0.4 is 9.47 Å². The van der Waals surface area contributed by atoms with Gasteiger partial charge < -0.3 is 9.47 Å². The molecule has 6 nitrogen and oxygen atoms in total. The third-order valence-electron chi connectivity index (χ3n) is 3.96. The van der Waals surface area contributed by atoms with Crippen molar-refractivity contribution in [3.8, 4) is 11.5 Å². The van der Waals surface area contributed by atoms with E-state index in [1.807, 2.05) is 18.2 Å². The minimum absolute atomic E-state index is 0.0264. The molecule has 0 atom stereocenters. The van der Waals surface area contributed by atoms with Crippen molar-refractivity contribution in [3.63, 3.8) is 0 Å². The van der Waals surface area contributed by atoms with Gasteiger partial charge in [-0.05, 0) is 30.5 Å². The molecule has 6 heteroatoms. The van der Waals surface area contributed by atoms with E-state index in [1.165, 1.54) is 0 Å². The zero-order valence-electron chi connectivity index (χ0n) is 13.0. The molecule has 2 heterocycles. The molecule has 23 heavy (non-hydrogen) atoms. The number of benzene rings is 1.